The number of carbonyl (C=O) groups excluding carboxylic acids is 1. The SMILES string of the molecule is C/[C]([Al])=C\CN1CCN(C(=O)OC(C)(C)C)CC1. The summed E-state index contributed by atoms with van der Waals surface area (Å²) in [4.78, 5) is 16.0. The molecule has 18 heavy (non-hydrogen) atoms. The van der Waals surface area contributed by atoms with Crippen molar-refractivity contribution >= 4 is 22.4 Å². The summed E-state index contributed by atoms with van der Waals surface area (Å²) < 4.78 is 6.62. The average Bonchev–Trinajstić information content (AvgIpc) is 2.24. The number of allylic oxidation sites excluding steroid dienone is 1. The van der Waals surface area contributed by atoms with Gasteiger partial charge in [0.15, 0.2) is 16.3 Å². The van der Waals surface area contributed by atoms with E-state index in [1.165, 1.54) is 4.44 Å². The van der Waals surface area contributed by atoms with E-state index in [9.17, 15) is 4.79 Å². The van der Waals surface area contributed by atoms with Gasteiger partial charge < -0.3 is 9.64 Å². The summed E-state index contributed by atoms with van der Waals surface area (Å²) in [7, 11) is 0. The highest BCUT2D eigenvalue weighted by Gasteiger charge is 2.25. The topological polar surface area (TPSA) is 32.8 Å². The molecule has 1 amide bonds. The lowest BCUT2D eigenvalue weighted by Crippen LogP contribution is -2.49. The largest absolute Gasteiger partial charge is 0.444 e. The Bertz CT molecular complexity index is 311. The summed E-state index contributed by atoms with van der Waals surface area (Å²) in [6.07, 6.45) is 1.99. The molecule has 0 N–H and O–H groups in total. The second-order valence-electron chi connectivity index (χ2n) is 5.72. The van der Waals surface area contributed by atoms with Gasteiger partial charge >= 0.3 is 6.09 Å². The van der Waals surface area contributed by atoms with E-state index in [2.05, 4.69) is 34.2 Å². The molecule has 4 nitrogen and oxygen atoms in total. The second-order valence-corrected chi connectivity index (χ2v) is 6.63. The van der Waals surface area contributed by atoms with Crippen LogP contribution in [0.3, 0.4) is 0 Å². The third kappa shape index (κ3) is 5.90. The minimum atomic E-state index is -0.409. The molecule has 5 heteroatoms. The summed E-state index contributed by atoms with van der Waals surface area (Å²) >= 11 is 2.69. The van der Waals surface area contributed by atoms with Gasteiger partial charge in [-0.15, -0.1) is 0 Å². The lowest BCUT2D eigenvalue weighted by molar-refractivity contribution is 0.0154. The Balaban J connectivity index is 2.35. The van der Waals surface area contributed by atoms with Crippen LogP contribution in [0.2, 0.25) is 0 Å². The van der Waals surface area contributed by atoms with Crippen LogP contribution in [0.5, 0.6) is 0 Å². The van der Waals surface area contributed by atoms with Crippen molar-refractivity contribution in [3.63, 3.8) is 0 Å². The van der Waals surface area contributed by atoms with Crippen molar-refractivity contribution in [3.8, 4) is 0 Å². The number of hydrogen-bond donors (Lipinski definition) is 0. The van der Waals surface area contributed by atoms with Crippen molar-refractivity contribution in [1.82, 2.24) is 9.80 Å². The number of ether oxygens (including phenoxy) is 1. The third-order valence-corrected chi connectivity index (χ3v) is 2.93. The molecule has 2 radical (unpaired) electrons. The predicted molar refractivity (Wildman–Crippen MR) is 73.8 cm³/mol. The minimum absolute atomic E-state index is 0.195. The molecule has 1 aliphatic heterocycles. The van der Waals surface area contributed by atoms with Crippen molar-refractivity contribution in [2.45, 2.75) is 33.3 Å². The standard InChI is InChI=1S/C13H23N2O2.Al/c1-5-6-7-14-8-10-15(11-9-14)12(16)17-13(2,3)4;/h6H,7-11H2,1-4H3;. The van der Waals surface area contributed by atoms with Crippen LogP contribution in [0, 0.1) is 0 Å². The van der Waals surface area contributed by atoms with Gasteiger partial charge in [0.2, 0.25) is 0 Å². The average molecular weight is 266 g/mol. The van der Waals surface area contributed by atoms with Crippen molar-refractivity contribution < 1.29 is 9.53 Å². The van der Waals surface area contributed by atoms with Gasteiger partial charge in [0.25, 0.3) is 0 Å². The highest BCUT2D eigenvalue weighted by Crippen LogP contribution is 2.11. The quantitative estimate of drug-likeness (QED) is 0.712. The smallest absolute Gasteiger partial charge is 0.410 e. The van der Waals surface area contributed by atoms with Crippen LogP contribution >= 0.6 is 0 Å². The Morgan fingerprint density at radius 1 is 1.28 bits per heavy atom. The van der Waals surface area contributed by atoms with Crippen molar-refractivity contribution in [1.29, 1.82) is 0 Å². The molecule has 1 fully saturated rings. The molecule has 0 spiro atoms. The van der Waals surface area contributed by atoms with Crippen molar-refractivity contribution in [2.75, 3.05) is 32.7 Å². The van der Waals surface area contributed by atoms with Gasteiger partial charge in [-0.05, 0) is 20.8 Å². The van der Waals surface area contributed by atoms with Crippen LogP contribution in [0.1, 0.15) is 27.7 Å². The monoisotopic (exact) mass is 266 g/mol. The predicted octanol–water partition coefficient (Wildman–Crippen LogP) is 1.61. The van der Waals surface area contributed by atoms with E-state index in [0.717, 1.165) is 32.7 Å². The number of amides is 1. The Kier molecular flexibility index (Phi) is 5.71. The number of piperazine rings is 1. The fourth-order valence-corrected chi connectivity index (χ4v) is 1.82. The second kappa shape index (κ2) is 6.61. The zero-order valence-electron chi connectivity index (χ0n) is 11.9. The first-order chi connectivity index (χ1) is 8.28. The summed E-state index contributed by atoms with van der Waals surface area (Å²) in [6.45, 7) is 12.0. The van der Waals surface area contributed by atoms with Crippen LogP contribution in [0.25, 0.3) is 0 Å². The van der Waals surface area contributed by atoms with E-state index < -0.39 is 5.60 Å². The molecule has 0 bridgehead atoms. The molecule has 1 saturated heterocycles. The number of rotatable bonds is 2. The Morgan fingerprint density at radius 2 is 1.83 bits per heavy atom. The summed E-state index contributed by atoms with van der Waals surface area (Å²) in [5.41, 5.74) is -0.409. The van der Waals surface area contributed by atoms with Crippen molar-refractivity contribution in [2.24, 2.45) is 0 Å². The number of carbonyl (C=O) groups is 1. The molecule has 0 atom stereocenters. The van der Waals surface area contributed by atoms with E-state index in [1.807, 2.05) is 20.8 Å². The lowest BCUT2D eigenvalue weighted by Gasteiger charge is -2.35. The van der Waals surface area contributed by atoms with E-state index in [0.29, 0.717) is 0 Å². The lowest BCUT2D eigenvalue weighted by atomic mass is 10.2. The molecule has 0 aromatic rings. The third-order valence-electron chi connectivity index (χ3n) is 2.70. The van der Waals surface area contributed by atoms with Gasteiger partial charge in [-0.1, -0.05) is 13.0 Å². The van der Waals surface area contributed by atoms with Gasteiger partial charge in [-0.25, -0.2) is 4.79 Å². The van der Waals surface area contributed by atoms with Crippen molar-refractivity contribution in [3.05, 3.63) is 10.5 Å². The van der Waals surface area contributed by atoms with Gasteiger partial charge in [0.05, 0.1) is 0 Å². The molecule has 0 aromatic heterocycles. The zero-order valence-corrected chi connectivity index (χ0v) is 13.1. The maximum Gasteiger partial charge on any atom is 0.410 e. The highest BCUT2D eigenvalue weighted by molar-refractivity contribution is 6.21. The summed E-state index contributed by atoms with van der Waals surface area (Å²) in [5, 5.41) is 0. The molecule has 100 valence electrons. The van der Waals surface area contributed by atoms with E-state index in [-0.39, 0.29) is 6.09 Å². The maximum absolute atomic E-state index is 11.9. The first kappa shape index (κ1) is 15.6. The normalized spacial score (nSPS) is 18.9. The number of hydrogen-bond acceptors (Lipinski definition) is 3. The van der Waals surface area contributed by atoms with Gasteiger partial charge in [-0.2, -0.15) is 4.44 Å². The van der Waals surface area contributed by atoms with Crippen LogP contribution < -0.4 is 0 Å². The van der Waals surface area contributed by atoms with E-state index in [1.54, 1.807) is 4.90 Å². The molecular weight excluding hydrogens is 243 g/mol. The van der Waals surface area contributed by atoms with Gasteiger partial charge in [0, 0.05) is 32.7 Å². The van der Waals surface area contributed by atoms with Crippen LogP contribution in [-0.4, -0.2) is 70.5 Å². The van der Waals surface area contributed by atoms with Crippen LogP contribution in [-0.2, 0) is 4.74 Å². The maximum atomic E-state index is 11.9. The Hall–Kier alpha value is -0.498. The molecule has 0 saturated carbocycles. The van der Waals surface area contributed by atoms with Gasteiger partial charge in [-0.3, -0.25) is 4.90 Å². The van der Waals surface area contributed by atoms with Gasteiger partial charge in [0.1, 0.15) is 5.60 Å². The molecule has 0 aliphatic carbocycles. The van der Waals surface area contributed by atoms with Crippen LogP contribution in [0.15, 0.2) is 10.5 Å². The first-order valence-corrected chi connectivity index (χ1v) is 6.98. The Labute approximate surface area is 118 Å². The molecule has 0 aromatic carbocycles. The molecule has 1 rings (SSSR count). The van der Waals surface area contributed by atoms with Crippen LogP contribution in [0.4, 0.5) is 4.79 Å². The minimum Gasteiger partial charge on any atom is -0.444 e. The first-order valence-electron chi connectivity index (χ1n) is 6.40. The molecule has 1 heterocycles. The fraction of sp³-hybridized carbons (Fsp3) is 0.769. The zero-order chi connectivity index (χ0) is 13.8. The summed E-state index contributed by atoms with van der Waals surface area (Å²) in [6, 6.07) is 0. The molecule has 1 aliphatic rings. The number of nitrogens with zero attached hydrogens (tertiary/aromatic N) is 2. The Morgan fingerprint density at radius 3 is 2.28 bits per heavy atom. The highest BCUT2D eigenvalue weighted by atomic mass is 27.0. The molecule has 0 unspecified atom stereocenters. The molecular formula is C13H23AlN2O2. The summed E-state index contributed by atoms with van der Waals surface area (Å²) in [5.74, 6) is 0. The van der Waals surface area contributed by atoms with E-state index in [4.69, 9.17) is 4.74 Å². The fourth-order valence-electron chi connectivity index (χ4n) is 1.71. The van der Waals surface area contributed by atoms with E-state index >= 15 is 0 Å².